The minimum atomic E-state index is -0.177. The maximum absolute atomic E-state index is 12.8. The van der Waals surface area contributed by atoms with Crippen LogP contribution >= 0.6 is 0 Å². The number of rotatable bonds is 5. The molecule has 4 aromatic heterocycles. The molecule has 2 aliphatic heterocycles. The summed E-state index contributed by atoms with van der Waals surface area (Å²) in [6.45, 7) is 1.18. The van der Waals surface area contributed by atoms with Gasteiger partial charge in [-0.1, -0.05) is 23.4 Å². The van der Waals surface area contributed by atoms with Gasteiger partial charge in [-0.25, -0.2) is 9.97 Å². The molecule has 9 rings (SSSR count). The van der Waals surface area contributed by atoms with Gasteiger partial charge in [0.2, 0.25) is 5.89 Å². The number of nitrogens with zero attached hydrogens (tertiary/aromatic N) is 8. The summed E-state index contributed by atoms with van der Waals surface area (Å²) in [6.07, 6.45) is 6.75. The highest BCUT2D eigenvalue weighted by Crippen LogP contribution is 2.85. The highest BCUT2D eigenvalue weighted by atomic mass is 16.5. The maximum Gasteiger partial charge on any atom is 0.280 e. The van der Waals surface area contributed by atoms with Crippen LogP contribution in [-0.4, -0.2) is 46.8 Å². The van der Waals surface area contributed by atoms with E-state index in [4.69, 9.17) is 9.51 Å². The van der Waals surface area contributed by atoms with Crippen molar-refractivity contribution in [2.24, 2.45) is 18.9 Å². The molecule has 10 nitrogen and oxygen atoms in total. The van der Waals surface area contributed by atoms with E-state index >= 15 is 0 Å². The Kier molecular flexibility index (Phi) is 3.48. The number of aromatic nitrogens is 7. The fraction of sp³-hybridized carbons (Fsp3) is 0.280. The van der Waals surface area contributed by atoms with E-state index in [2.05, 4.69) is 55.3 Å². The third kappa shape index (κ3) is 2.43. The van der Waals surface area contributed by atoms with Crippen LogP contribution in [0.15, 0.2) is 70.8 Å². The van der Waals surface area contributed by atoms with E-state index in [0.29, 0.717) is 34.9 Å². The number of fused-ring (bicyclic) bond motifs is 2. The van der Waals surface area contributed by atoms with Crippen LogP contribution in [0.3, 0.4) is 0 Å². The van der Waals surface area contributed by atoms with Gasteiger partial charge in [-0.05, 0) is 29.7 Å². The molecule has 0 N–H and O–H groups in total. The number of anilines is 1. The van der Waals surface area contributed by atoms with E-state index in [1.54, 1.807) is 24.1 Å². The lowest BCUT2D eigenvalue weighted by atomic mass is 10.1. The second kappa shape index (κ2) is 6.41. The third-order valence-electron chi connectivity index (χ3n) is 7.97. The van der Waals surface area contributed by atoms with E-state index in [1.807, 2.05) is 12.3 Å². The summed E-state index contributed by atoms with van der Waals surface area (Å²) in [5.74, 6) is 2.31. The lowest BCUT2D eigenvalue weighted by Gasteiger charge is -2.19. The molecule has 2 saturated carbocycles. The zero-order chi connectivity index (χ0) is 23.3. The molecule has 0 spiro atoms. The highest BCUT2D eigenvalue weighted by molar-refractivity contribution is 5.72. The lowest BCUT2D eigenvalue weighted by Crippen LogP contribution is -2.23. The first-order valence-corrected chi connectivity index (χ1v) is 11.6. The van der Waals surface area contributed by atoms with Crippen molar-refractivity contribution in [1.29, 1.82) is 0 Å². The average molecular weight is 464 g/mol. The summed E-state index contributed by atoms with van der Waals surface area (Å²) in [4.78, 5) is 32.7. The fourth-order valence-electron chi connectivity index (χ4n) is 6.23. The molecular formula is C25H20N8O2. The fourth-order valence-corrected chi connectivity index (χ4v) is 6.23. The molecular weight excluding hydrogens is 444 g/mol. The monoisotopic (exact) mass is 464 g/mol. The van der Waals surface area contributed by atoms with Gasteiger partial charge in [0.1, 0.15) is 12.9 Å². The van der Waals surface area contributed by atoms with Gasteiger partial charge in [-0.3, -0.25) is 14.3 Å². The number of aryl methyl sites for hydroxylation is 1. The maximum atomic E-state index is 12.8. The Labute approximate surface area is 198 Å². The van der Waals surface area contributed by atoms with Gasteiger partial charge in [-0.2, -0.15) is 4.98 Å². The van der Waals surface area contributed by atoms with Crippen LogP contribution in [0.2, 0.25) is 0 Å². The summed E-state index contributed by atoms with van der Waals surface area (Å²) in [5, 5.41) is 4.35. The first kappa shape index (κ1) is 19.0. The minimum Gasteiger partial charge on any atom is -0.367 e. The van der Waals surface area contributed by atoms with Gasteiger partial charge >= 0.3 is 0 Å². The molecule has 5 aromatic rings. The van der Waals surface area contributed by atoms with Crippen LogP contribution in [0.1, 0.15) is 11.7 Å². The molecule has 1 unspecified atom stereocenters. The molecule has 0 radical (unpaired) electrons. The average Bonchev–Trinajstić information content (AvgIpc) is 3.33. The molecule has 4 aliphatic rings. The van der Waals surface area contributed by atoms with Crippen LogP contribution in [0.25, 0.3) is 22.3 Å². The van der Waals surface area contributed by atoms with Gasteiger partial charge in [-0.15, -0.1) is 0 Å². The number of imidazole rings is 1. The Balaban J connectivity index is 1.05. The summed E-state index contributed by atoms with van der Waals surface area (Å²) in [6, 6.07) is 13.1. The predicted octanol–water partition coefficient (Wildman–Crippen LogP) is 2.01. The number of piperidine rings is 1. The summed E-state index contributed by atoms with van der Waals surface area (Å²) >= 11 is 0. The van der Waals surface area contributed by atoms with Gasteiger partial charge < -0.3 is 14.0 Å². The standard InChI is InChI=1S/C25H20N8O2/c1-31-12-27-22-20(31)23(34)32(13-28-22)11-18-29-24(30-35-18)25-17-10-33(21(25)19(17)25)16-6-2-4-14(8-16)15-5-3-7-26-9-15/h2-9,12-13,17,19,21H,10-11H2,1H3/t17-,19-,21?,25-/m1/s1. The van der Waals surface area contributed by atoms with E-state index in [1.165, 1.54) is 16.6 Å². The first-order valence-electron chi connectivity index (χ1n) is 11.6. The molecule has 6 heterocycles. The van der Waals surface area contributed by atoms with E-state index in [0.717, 1.165) is 23.5 Å². The Morgan fingerprint density at radius 2 is 2.03 bits per heavy atom. The Bertz CT molecular complexity index is 1680. The predicted molar refractivity (Wildman–Crippen MR) is 126 cm³/mol. The molecule has 2 saturated heterocycles. The SMILES string of the molecule is Cn1cnc2ncn(Cc3nc([C@@]45C6[C@H]4[C@H]5CN6c4cccc(-c5cccnc5)c4)no3)c(=O)c21. The Morgan fingerprint density at radius 3 is 2.89 bits per heavy atom. The number of hydrogen-bond acceptors (Lipinski definition) is 8. The van der Waals surface area contributed by atoms with Crippen LogP contribution in [0.4, 0.5) is 5.69 Å². The first-order chi connectivity index (χ1) is 17.2. The van der Waals surface area contributed by atoms with Crippen LogP contribution in [0.5, 0.6) is 0 Å². The number of pyridine rings is 1. The van der Waals surface area contributed by atoms with Crippen molar-refractivity contribution < 1.29 is 4.52 Å². The quantitative estimate of drug-likeness (QED) is 0.389. The molecule has 2 aliphatic carbocycles. The topological polar surface area (TPSA) is 108 Å². The van der Waals surface area contributed by atoms with Gasteiger partial charge in [0.15, 0.2) is 17.0 Å². The summed E-state index contributed by atoms with van der Waals surface area (Å²) < 4.78 is 8.75. The smallest absolute Gasteiger partial charge is 0.280 e. The van der Waals surface area contributed by atoms with Crippen molar-refractivity contribution in [1.82, 2.24) is 34.2 Å². The zero-order valence-corrected chi connectivity index (χ0v) is 18.8. The zero-order valence-electron chi connectivity index (χ0n) is 18.8. The molecule has 4 atom stereocenters. The van der Waals surface area contributed by atoms with Crippen molar-refractivity contribution in [2.75, 3.05) is 11.4 Å². The normalized spacial score (nSPS) is 25.7. The third-order valence-corrected chi connectivity index (χ3v) is 7.97. The van der Waals surface area contributed by atoms with Crippen molar-refractivity contribution in [3.8, 4) is 11.1 Å². The van der Waals surface area contributed by atoms with Crippen LogP contribution < -0.4 is 10.5 Å². The van der Waals surface area contributed by atoms with E-state index < -0.39 is 0 Å². The molecule has 0 amide bonds. The summed E-state index contributed by atoms with van der Waals surface area (Å²) in [5.41, 5.74) is 4.19. The highest BCUT2D eigenvalue weighted by Gasteiger charge is 2.95. The van der Waals surface area contributed by atoms with Crippen molar-refractivity contribution >= 4 is 16.9 Å². The van der Waals surface area contributed by atoms with Gasteiger partial charge in [0, 0.05) is 49.2 Å². The molecule has 2 bridgehead atoms. The number of benzene rings is 1. The molecule has 4 fully saturated rings. The van der Waals surface area contributed by atoms with Crippen LogP contribution in [-0.2, 0) is 19.0 Å². The minimum absolute atomic E-state index is 0.0126. The Hall–Kier alpha value is -4.34. The Morgan fingerprint density at radius 1 is 1.14 bits per heavy atom. The van der Waals surface area contributed by atoms with Gasteiger partial charge in [0.25, 0.3) is 5.56 Å². The van der Waals surface area contributed by atoms with Gasteiger partial charge in [0.05, 0.1) is 11.7 Å². The lowest BCUT2D eigenvalue weighted by molar-refractivity contribution is 0.362. The summed E-state index contributed by atoms with van der Waals surface area (Å²) in [7, 11) is 1.78. The second-order valence-corrected chi connectivity index (χ2v) is 9.67. The van der Waals surface area contributed by atoms with Crippen molar-refractivity contribution in [2.45, 2.75) is 18.0 Å². The molecule has 1 aromatic carbocycles. The second-order valence-electron chi connectivity index (χ2n) is 9.67. The van der Waals surface area contributed by atoms with E-state index in [-0.39, 0.29) is 17.5 Å². The molecule has 35 heavy (non-hydrogen) atoms. The van der Waals surface area contributed by atoms with Crippen molar-refractivity contribution in [3.05, 3.63) is 83.5 Å². The van der Waals surface area contributed by atoms with E-state index in [9.17, 15) is 4.79 Å². The van der Waals surface area contributed by atoms with Crippen LogP contribution in [0, 0.1) is 11.8 Å². The largest absolute Gasteiger partial charge is 0.367 e. The molecule has 172 valence electrons. The van der Waals surface area contributed by atoms with Crippen molar-refractivity contribution in [3.63, 3.8) is 0 Å². The molecule has 10 heteroatoms. The number of hydrogen-bond donors (Lipinski definition) is 0.